The molecule has 0 saturated carbocycles. The van der Waals surface area contributed by atoms with Crippen LogP contribution in [0.15, 0.2) is 279 Å². The minimum atomic E-state index is 1.07. The van der Waals surface area contributed by atoms with Crippen molar-refractivity contribution in [2.45, 2.75) is 0 Å². The second kappa shape index (κ2) is 17.4. The van der Waals surface area contributed by atoms with Crippen molar-refractivity contribution in [3.05, 3.63) is 279 Å². The van der Waals surface area contributed by atoms with Crippen LogP contribution in [-0.2, 0) is 0 Å². The standard InChI is InChI=1S/C68H46N2/c1-4-17-47(18-5-1)53-43-54(48-19-6-2-7-20-48)45-55(44-53)49-31-37-57(38-32-49)69(58-39-33-51(34-40-58)60-27-16-28-62-59-24-11-10-21-50(59)35-41-63(60)62)66-29-14-12-25-61(66)52-36-42-68-65(46-52)64-26-13-15-30-67(64)70(68)56-22-8-3-9-23-56/h1-46H. The topological polar surface area (TPSA) is 8.17 Å². The fraction of sp³-hybridized carbons (Fsp3) is 0. The molecule has 0 amide bonds. The summed E-state index contributed by atoms with van der Waals surface area (Å²) in [6.45, 7) is 0. The van der Waals surface area contributed by atoms with E-state index in [0.29, 0.717) is 0 Å². The number of nitrogens with zero attached hydrogens (tertiary/aromatic N) is 2. The average molecular weight is 891 g/mol. The van der Waals surface area contributed by atoms with Crippen molar-refractivity contribution >= 4 is 60.4 Å². The third kappa shape index (κ3) is 7.31. The molecule has 0 radical (unpaired) electrons. The maximum Gasteiger partial charge on any atom is 0.0541 e. The largest absolute Gasteiger partial charge is 0.310 e. The Balaban J connectivity index is 0.955. The van der Waals surface area contributed by atoms with E-state index in [2.05, 4.69) is 289 Å². The first-order valence-corrected chi connectivity index (χ1v) is 24.1. The summed E-state index contributed by atoms with van der Waals surface area (Å²) in [7, 11) is 0. The van der Waals surface area contributed by atoms with Gasteiger partial charge in [-0.3, -0.25) is 0 Å². The van der Waals surface area contributed by atoms with E-state index >= 15 is 0 Å². The Bertz CT molecular complexity index is 3960. The van der Waals surface area contributed by atoms with E-state index in [1.54, 1.807) is 0 Å². The Morgan fingerprint density at radius 2 is 0.743 bits per heavy atom. The van der Waals surface area contributed by atoms with Crippen LogP contribution >= 0.6 is 0 Å². The van der Waals surface area contributed by atoms with E-state index in [4.69, 9.17) is 0 Å². The average Bonchev–Trinajstić information content (AvgIpc) is 3.78. The van der Waals surface area contributed by atoms with Gasteiger partial charge in [-0.2, -0.15) is 0 Å². The SMILES string of the molecule is c1ccc(-c2cc(-c3ccccc3)cc(-c3ccc(N(c4ccc(-c5cccc6c5ccc5ccccc56)cc4)c4ccccc4-c4ccc5c(c4)c4ccccc4n5-c4ccccc4)cc3)c2)cc1. The van der Waals surface area contributed by atoms with Crippen LogP contribution in [0.25, 0.3) is 105 Å². The molecular weight excluding hydrogens is 845 g/mol. The van der Waals surface area contributed by atoms with Crippen LogP contribution in [0.1, 0.15) is 0 Å². The number of hydrogen-bond acceptors (Lipinski definition) is 1. The van der Waals surface area contributed by atoms with E-state index in [1.165, 1.54) is 82.3 Å². The molecule has 0 aliphatic heterocycles. The van der Waals surface area contributed by atoms with Crippen LogP contribution in [0, 0.1) is 0 Å². The van der Waals surface area contributed by atoms with Gasteiger partial charge in [-0.15, -0.1) is 0 Å². The number of benzene rings is 12. The lowest BCUT2D eigenvalue weighted by molar-refractivity contribution is 1.18. The minimum absolute atomic E-state index is 1.07. The number of hydrogen-bond donors (Lipinski definition) is 0. The highest BCUT2D eigenvalue weighted by molar-refractivity contribution is 6.13. The summed E-state index contributed by atoms with van der Waals surface area (Å²) in [6.07, 6.45) is 0. The third-order valence-corrected chi connectivity index (χ3v) is 14.0. The van der Waals surface area contributed by atoms with Gasteiger partial charge < -0.3 is 9.47 Å². The number of para-hydroxylation sites is 3. The van der Waals surface area contributed by atoms with Gasteiger partial charge in [-0.1, -0.05) is 200 Å². The summed E-state index contributed by atoms with van der Waals surface area (Å²) in [6, 6.07) is 102. The van der Waals surface area contributed by atoms with Gasteiger partial charge in [0.25, 0.3) is 0 Å². The molecule has 2 heteroatoms. The Hall–Kier alpha value is -9.24. The molecule has 0 N–H and O–H groups in total. The number of anilines is 3. The molecule has 0 aliphatic rings. The van der Waals surface area contributed by atoms with Gasteiger partial charge in [-0.25, -0.2) is 0 Å². The molecule has 0 aliphatic carbocycles. The van der Waals surface area contributed by atoms with Crippen molar-refractivity contribution in [1.82, 2.24) is 4.57 Å². The highest BCUT2D eigenvalue weighted by atomic mass is 15.1. The monoisotopic (exact) mass is 890 g/mol. The zero-order valence-corrected chi connectivity index (χ0v) is 38.5. The van der Waals surface area contributed by atoms with Crippen molar-refractivity contribution < 1.29 is 0 Å². The summed E-state index contributed by atoms with van der Waals surface area (Å²) in [4.78, 5) is 2.42. The van der Waals surface area contributed by atoms with Gasteiger partial charge >= 0.3 is 0 Å². The van der Waals surface area contributed by atoms with E-state index < -0.39 is 0 Å². The molecule has 1 aromatic heterocycles. The highest BCUT2D eigenvalue weighted by Crippen LogP contribution is 2.45. The first-order chi connectivity index (χ1) is 34.7. The summed E-state index contributed by atoms with van der Waals surface area (Å²) in [5, 5.41) is 7.51. The normalized spacial score (nSPS) is 11.4. The zero-order chi connectivity index (χ0) is 46.4. The lowest BCUT2D eigenvalue weighted by Gasteiger charge is -2.28. The Labute approximate surface area is 408 Å². The molecule has 0 atom stereocenters. The fourth-order valence-corrected chi connectivity index (χ4v) is 10.6. The van der Waals surface area contributed by atoms with E-state index in [0.717, 1.165) is 39.4 Å². The molecule has 2 nitrogen and oxygen atoms in total. The molecule has 12 aromatic carbocycles. The van der Waals surface area contributed by atoms with Crippen molar-refractivity contribution in [2.75, 3.05) is 4.90 Å². The van der Waals surface area contributed by atoms with Gasteiger partial charge in [0.1, 0.15) is 0 Å². The fourth-order valence-electron chi connectivity index (χ4n) is 10.6. The lowest BCUT2D eigenvalue weighted by Crippen LogP contribution is -2.11. The van der Waals surface area contributed by atoms with Crippen LogP contribution < -0.4 is 4.90 Å². The predicted octanol–water partition coefficient (Wildman–Crippen LogP) is 18.9. The molecule has 70 heavy (non-hydrogen) atoms. The number of aromatic nitrogens is 1. The predicted molar refractivity (Wildman–Crippen MR) is 298 cm³/mol. The quantitative estimate of drug-likeness (QED) is 0.131. The lowest BCUT2D eigenvalue weighted by atomic mass is 9.93. The molecule has 0 fully saturated rings. The zero-order valence-electron chi connectivity index (χ0n) is 38.5. The molecule has 1 heterocycles. The van der Waals surface area contributed by atoms with E-state index in [1.807, 2.05) is 0 Å². The van der Waals surface area contributed by atoms with Crippen molar-refractivity contribution in [3.63, 3.8) is 0 Å². The van der Waals surface area contributed by atoms with Gasteiger partial charge in [-0.05, 0) is 150 Å². The second-order valence-corrected chi connectivity index (χ2v) is 18.1. The van der Waals surface area contributed by atoms with Crippen LogP contribution in [0.2, 0.25) is 0 Å². The Morgan fingerprint density at radius 3 is 1.43 bits per heavy atom. The summed E-state index contributed by atoms with van der Waals surface area (Å²) in [5.41, 5.74) is 18.6. The number of rotatable bonds is 9. The van der Waals surface area contributed by atoms with Crippen molar-refractivity contribution in [1.29, 1.82) is 0 Å². The molecular formula is C68H46N2. The van der Waals surface area contributed by atoms with Crippen molar-refractivity contribution in [2.24, 2.45) is 0 Å². The van der Waals surface area contributed by atoms with Gasteiger partial charge in [0.15, 0.2) is 0 Å². The second-order valence-electron chi connectivity index (χ2n) is 18.1. The van der Waals surface area contributed by atoms with Gasteiger partial charge in [0.2, 0.25) is 0 Å². The maximum absolute atomic E-state index is 2.42. The van der Waals surface area contributed by atoms with E-state index in [9.17, 15) is 0 Å². The maximum atomic E-state index is 2.42. The molecule has 13 aromatic rings. The molecule has 13 rings (SSSR count). The Kier molecular flexibility index (Phi) is 10.2. The third-order valence-electron chi connectivity index (χ3n) is 14.0. The van der Waals surface area contributed by atoms with Crippen LogP contribution in [0.5, 0.6) is 0 Å². The van der Waals surface area contributed by atoms with Crippen LogP contribution in [0.4, 0.5) is 17.1 Å². The highest BCUT2D eigenvalue weighted by Gasteiger charge is 2.20. The summed E-state index contributed by atoms with van der Waals surface area (Å²) < 4.78 is 2.38. The first-order valence-electron chi connectivity index (χ1n) is 24.1. The smallest absolute Gasteiger partial charge is 0.0541 e. The molecule has 0 bridgehead atoms. The number of fused-ring (bicyclic) bond motifs is 6. The molecule has 0 saturated heterocycles. The molecule has 0 spiro atoms. The van der Waals surface area contributed by atoms with Crippen LogP contribution in [0.3, 0.4) is 0 Å². The molecule has 0 unspecified atom stereocenters. The van der Waals surface area contributed by atoms with Crippen LogP contribution in [-0.4, -0.2) is 4.57 Å². The van der Waals surface area contributed by atoms with Gasteiger partial charge in [0, 0.05) is 33.4 Å². The summed E-state index contributed by atoms with van der Waals surface area (Å²) in [5.74, 6) is 0. The van der Waals surface area contributed by atoms with Gasteiger partial charge in [0.05, 0.1) is 16.7 Å². The minimum Gasteiger partial charge on any atom is -0.310 e. The first kappa shape index (κ1) is 41.0. The molecule has 328 valence electrons. The van der Waals surface area contributed by atoms with Crippen molar-refractivity contribution in [3.8, 4) is 61.3 Å². The van der Waals surface area contributed by atoms with E-state index in [-0.39, 0.29) is 0 Å². The Morgan fingerprint density at radius 1 is 0.243 bits per heavy atom. The summed E-state index contributed by atoms with van der Waals surface area (Å²) >= 11 is 0.